The van der Waals surface area contributed by atoms with Crippen molar-refractivity contribution >= 4 is 17.8 Å². The number of anilines is 1. The first-order chi connectivity index (χ1) is 12.8. The third-order valence-corrected chi connectivity index (χ3v) is 4.92. The average molecular weight is 380 g/mol. The third-order valence-electron chi connectivity index (χ3n) is 4.92. The van der Waals surface area contributed by atoms with E-state index in [4.69, 9.17) is 4.74 Å². The number of carbonyl (C=O) groups is 2. The Morgan fingerprint density at radius 2 is 2.04 bits per heavy atom. The Balaban J connectivity index is 2.01. The summed E-state index contributed by atoms with van der Waals surface area (Å²) in [5.41, 5.74) is 0.746. The Hall–Kier alpha value is -2.42. The summed E-state index contributed by atoms with van der Waals surface area (Å²) in [6.45, 7) is 7.90. The van der Waals surface area contributed by atoms with Crippen LogP contribution < -0.4 is 15.8 Å². The lowest BCUT2D eigenvalue weighted by atomic mass is 9.99. The van der Waals surface area contributed by atoms with Crippen LogP contribution in [0.5, 0.6) is 0 Å². The maximum Gasteiger partial charge on any atom is 0.326 e. The van der Waals surface area contributed by atoms with Gasteiger partial charge in [0, 0.05) is 30.8 Å². The molecule has 2 atom stereocenters. The molecule has 2 rings (SSSR count). The molecule has 1 aliphatic heterocycles. The van der Waals surface area contributed by atoms with Crippen LogP contribution in [-0.4, -0.2) is 59.3 Å². The van der Waals surface area contributed by atoms with E-state index in [0.717, 1.165) is 0 Å². The predicted molar refractivity (Wildman–Crippen MR) is 100.0 cm³/mol. The number of aromatic amines is 1. The molecule has 2 heterocycles. The maximum absolute atomic E-state index is 12.4. The second-order valence-electron chi connectivity index (χ2n) is 6.82. The van der Waals surface area contributed by atoms with Crippen LogP contribution in [0.4, 0.5) is 5.95 Å². The molecule has 1 fully saturated rings. The van der Waals surface area contributed by atoms with Crippen molar-refractivity contribution in [1.82, 2.24) is 15.3 Å². The summed E-state index contributed by atoms with van der Waals surface area (Å²) in [7, 11) is 0. The first kappa shape index (κ1) is 20.9. The topological polar surface area (TPSA) is 125 Å². The van der Waals surface area contributed by atoms with Crippen LogP contribution >= 0.6 is 0 Å². The van der Waals surface area contributed by atoms with Crippen molar-refractivity contribution in [2.75, 3.05) is 31.2 Å². The van der Waals surface area contributed by atoms with E-state index in [1.807, 2.05) is 11.8 Å². The highest BCUT2D eigenvalue weighted by atomic mass is 16.5. The zero-order chi connectivity index (χ0) is 20.0. The number of aryl methyl sites for hydroxylation is 1. The van der Waals surface area contributed by atoms with Crippen molar-refractivity contribution in [1.29, 1.82) is 0 Å². The van der Waals surface area contributed by atoms with Gasteiger partial charge in [-0.15, -0.1) is 0 Å². The summed E-state index contributed by atoms with van der Waals surface area (Å²) >= 11 is 0. The zero-order valence-electron chi connectivity index (χ0n) is 16.1. The number of carbonyl (C=O) groups excluding carboxylic acids is 1. The van der Waals surface area contributed by atoms with E-state index >= 15 is 0 Å². The Morgan fingerprint density at radius 1 is 1.37 bits per heavy atom. The van der Waals surface area contributed by atoms with E-state index in [1.54, 1.807) is 13.8 Å². The van der Waals surface area contributed by atoms with Crippen LogP contribution in [0.15, 0.2) is 4.79 Å². The Bertz CT molecular complexity index is 727. The van der Waals surface area contributed by atoms with Crippen molar-refractivity contribution in [2.45, 2.75) is 46.1 Å². The molecule has 3 N–H and O–H groups in total. The van der Waals surface area contributed by atoms with Gasteiger partial charge in [0.15, 0.2) is 0 Å². The smallest absolute Gasteiger partial charge is 0.326 e. The maximum atomic E-state index is 12.4. The highest BCUT2D eigenvalue weighted by molar-refractivity contribution is 5.83. The van der Waals surface area contributed by atoms with E-state index in [-0.39, 0.29) is 24.3 Å². The first-order valence-corrected chi connectivity index (χ1v) is 9.28. The minimum absolute atomic E-state index is 0.0305. The molecule has 27 heavy (non-hydrogen) atoms. The molecule has 0 aliphatic carbocycles. The average Bonchev–Trinajstić information content (AvgIpc) is 2.65. The number of morpholine rings is 1. The quantitative estimate of drug-likeness (QED) is 0.598. The molecule has 0 saturated carbocycles. The largest absolute Gasteiger partial charge is 0.480 e. The van der Waals surface area contributed by atoms with Crippen molar-refractivity contribution in [3.63, 3.8) is 0 Å². The lowest BCUT2D eigenvalue weighted by Crippen LogP contribution is -2.45. The molecule has 150 valence electrons. The van der Waals surface area contributed by atoms with Crippen LogP contribution in [0.2, 0.25) is 0 Å². The monoisotopic (exact) mass is 380 g/mol. The van der Waals surface area contributed by atoms with Gasteiger partial charge < -0.3 is 20.1 Å². The number of amides is 1. The summed E-state index contributed by atoms with van der Waals surface area (Å²) in [5, 5.41) is 11.8. The van der Waals surface area contributed by atoms with Crippen molar-refractivity contribution < 1.29 is 19.4 Å². The highest BCUT2D eigenvalue weighted by Crippen LogP contribution is 2.12. The molecule has 1 aromatic rings. The van der Waals surface area contributed by atoms with Crippen molar-refractivity contribution in [2.24, 2.45) is 5.92 Å². The van der Waals surface area contributed by atoms with Crippen LogP contribution in [0.1, 0.15) is 37.9 Å². The predicted octanol–water partition coefficient (Wildman–Crippen LogP) is 0.463. The second-order valence-corrected chi connectivity index (χ2v) is 6.82. The van der Waals surface area contributed by atoms with Gasteiger partial charge in [0.1, 0.15) is 6.04 Å². The van der Waals surface area contributed by atoms with Crippen LogP contribution in [0.25, 0.3) is 0 Å². The number of nitrogens with zero attached hydrogens (tertiary/aromatic N) is 2. The normalized spacial score (nSPS) is 16.6. The fraction of sp³-hybridized carbons (Fsp3) is 0.667. The van der Waals surface area contributed by atoms with E-state index in [2.05, 4.69) is 15.3 Å². The van der Waals surface area contributed by atoms with Gasteiger partial charge in [-0.2, -0.15) is 0 Å². The number of H-pyrrole nitrogens is 1. The zero-order valence-corrected chi connectivity index (χ0v) is 16.1. The number of carboxylic acid groups (broad SMARTS) is 1. The van der Waals surface area contributed by atoms with Crippen LogP contribution in [0.3, 0.4) is 0 Å². The molecule has 0 radical (unpaired) electrons. The number of carboxylic acids is 1. The number of aliphatic carboxylic acids is 1. The number of ether oxygens (including phenoxy) is 1. The Kier molecular flexibility index (Phi) is 7.35. The number of nitrogens with one attached hydrogen (secondary N) is 2. The fourth-order valence-electron chi connectivity index (χ4n) is 2.98. The molecule has 0 spiro atoms. The fourth-order valence-corrected chi connectivity index (χ4v) is 2.98. The number of hydrogen-bond acceptors (Lipinski definition) is 6. The summed E-state index contributed by atoms with van der Waals surface area (Å²) in [6.07, 6.45) is 0.877. The van der Waals surface area contributed by atoms with Gasteiger partial charge in [-0.3, -0.25) is 14.6 Å². The Morgan fingerprint density at radius 3 is 2.59 bits per heavy atom. The summed E-state index contributed by atoms with van der Waals surface area (Å²) < 4.78 is 5.30. The molecule has 1 saturated heterocycles. The van der Waals surface area contributed by atoms with Crippen molar-refractivity contribution in [3.8, 4) is 0 Å². The summed E-state index contributed by atoms with van der Waals surface area (Å²) in [6, 6.07) is -0.927. The van der Waals surface area contributed by atoms with E-state index in [9.17, 15) is 19.5 Å². The van der Waals surface area contributed by atoms with Gasteiger partial charge in [-0.05, 0) is 19.3 Å². The number of hydrogen-bond donors (Lipinski definition) is 3. The van der Waals surface area contributed by atoms with Gasteiger partial charge in [0.05, 0.1) is 13.2 Å². The molecular formula is C18H28N4O5. The molecule has 1 aromatic heterocycles. The van der Waals surface area contributed by atoms with Gasteiger partial charge in [-0.25, -0.2) is 9.78 Å². The molecular weight excluding hydrogens is 352 g/mol. The van der Waals surface area contributed by atoms with Gasteiger partial charge in [0.25, 0.3) is 5.56 Å². The molecule has 0 aromatic carbocycles. The lowest BCUT2D eigenvalue weighted by Gasteiger charge is -2.27. The summed E-state index contributed by atoms with van der Waals surface area (Å²) in [5.74, 6) is -1.11. The number of rotatable bonds is 8. The molecule has 9 heteroatoms. The SMILES string of the molecule is CCC(C)C(NC(=O)CCc1c(C)nc(N2CCOCC2)[nH]c1=O)C(=O)O. The standard InChI is InChI=1S/C18H28N4O5/c1-4-11(2)15(17(25)26)20-14(23)6-5-13-12(3)19-18(21-16(13)24)22-7-9-27-10-8-22/h11,15H,4-10H2,1-3H3,(H,20,23)(H,25,26)(H,19,21,24). The molecule has 1 aliphatic rings. The molecule has 0 bridgehead atoms. The van der Waals surface area contributed by atoms with E-state index < -0.39 is 17.9 Å². The lowest BCUT2D eigenvalue weighted by molar-refractivity contribution is -0.143. The Labute approximate surface area is 158 Å². The van der Waals surface area contributed by atoms with Crippen LogP contribution in [0, 0.1) is 12.8 Å². The molecule has 1 amide bonds. The van der Waals surface area contributed by atoms with Crippen molar-refractivity contribution in [3.05, 3.63) is 21.6 Å². The van der Waals surface area contributed by atoms with E-state index in [1.165, 1.54) is 0 Å². The van der Waals surface area contributed by atoms with Gasteiger partial charge in [-0.1, -0.05) is 20.3 Å². The minimum atomic E-state index is -1.05. The van der Waals surface area contributed by atoms with Crippen LogP contribution in [-0.2, 0) is 20.7 Å². The molecule has 9 nitrogen and oxygen atoms in total. The third kappa shape index (κ3) is 5.53. The van der Waals surface area contributed by atoms with Gasteiger partial charge >= 0.3 is 5.97 Å². The number of aromatic nitrogens is 2. The molecule has 2 unspecified atom stereocenters. The highest BCUT2D eigenvalue weighted by Gasteiger charge is 2.25. The second kappa shape index (κ2) is 9.50. The van der Waals surface area contributed by atoms with Gasteiger partial charge in [0.2, 0.25) is 11.9 Å². The van der Waals surface area contributed by atoms with E-state index in [0.29, 0.717) is 49.9 Å². The minimum Gasteiger partial charge on any atom is -0.480 e. The summed E-state index contributed by atoms with van der Waals surface area (Å²) in [4.78, 5) is 45.1. The first-order valence-electron chi connectivity index (χ1n) is 9.28.